The average molecular weight is 303 g/mol. The van der Waals surface area contributed by atoms with Crippen molar-refractivity contribution in [2.45, 2.75) is 32.2 Å². The lowest BCUT2D eigenvalue weighted by atomic mass is 9.97. The molecule has 0 radical (unpaired) electrons. The highest BCUT2D eigenvalue weighted by Gasteiger charge is 2.36. The number of likely N-dealkylation sites (tertiary alicyclic amines) is 2. The van der Waals surface area contributed by atoms with Crippen molar-refractivity contribution in [1.29, 1.82) is 0 Å². The number of pyridine rings is 1. The SMILES string of the molecule is Cc1cccc(OCC2CCCN(C3CCN(C)C3=O)C2)n1. The third-order valence-corrected chi connectivity index (χ3v) is 4.72. The number of amides is 1. The molecule has 0 aromatic carbocycles. The van der Waals surface area contributed by atoms with Crippen molar-refractivity contribution in [3.8, 4) is 5.88 Å². The van der Waals surface area contributed by atoms with Crippen LogP contribution in [0.3, 0.4) is 0 Å². The third kappa shape index (κ3) is 3.40. The Bertz CT molecular complexity index is 534. The summed E-state index contributed by atoms with van der Waals surface area (Å²) < 4.78 is 5.85. The molecule has 1 aromatic heterocycles. The quantitative estimate of drug-likeness (QED) is 0.849. The summed E-state index contributed by atoms with van der Waals surface area (Å²) in [6.45, 7) is 5.52. The van der Waals surface area contributed by atoms with Crippen LogP contribution in [0.1, 0.15) is 25.0 Å². The molecule has 2 aliphatic rings. The summed E-state index contributed by atoms with van der Waals surface area (Å²) in [5.41, 5.74) is 0.974. The van der Waals surface area contributed by atoms with Gasteiger partial charge in [0.15, 0.2) is 0 Å². The number of ether oxygens (including phenoxy) is 1. The molecule has 0 N–H and O–H groups in total. The summed E-state index contributed by atoms with van der Waals surface area (Å²) in [6.07, 6.45) is 3.27. The maximum Gasteiger partial charge on any atom is 0.239 e. The second-order valence-electron chi connectivity index (χ2n) is 6.50. The predicted molar refractivity (Wildman–Crippen MR) is 84.8 cm³/mol. The lowest BCUT2D eigenvalue weighted by Gasteiger charge is -2.35. The highest BCUT2D eigenvalue weighted by molar-refractivity contribution is 5.83. The molecule has 2 fully saturated rings. The van der Waals surface area contributed by atoms with E-state index in [1.165, 1.54) is 6.42 Å². The zero-order valence-electron chi connectivity index (χ0n) is 13.5. The van der Waals surface area contributed by atoms with Gasteiger partial charge in [0.05, 0.1) is 12.6 Å². The summed E-state index contributed by atoms with van der Waals surface area (Å²) in [4.78, 5) is 20.8. The second kappa shape index (κ2) is 6.65. The van der Waals surface area contributed by atoms with Crippen LogP contribution in [0.5, 0.6) is 5.88 Å². The van der Waals surface area contributed by atoms with Crippen LogP contribution in [0.25, 0.3) is 0 Å². The minimum atomic E-state index is 0.0879. The Hall–Kier alpha value is -1.62. The van der Waals surface area contributed by atoms with E-state index >= 15 is 0 Å². The minimum Gasteiger partial charge on any atom is -0.477 e. The fourth-order valence-corrected chi connectivity index (χ4v) is 3.46. The van der Waals surface area contributed by atoms with Crippen LogP contribution in [-0.4, -0.2) is 60.0 Å². The van der Waals surface area contributed by atoms with Gasteiger partial charge in [-0.2, -0.15) is 0 Å². The van der Waals surface area contributed by atoms with Crippen LogP contribution in [0.15, 0.2) is 18.2 Å². The number of carbonyl (C=O) groups is 1. The van der Waals surface area contributed by atoms with Gasteiger partial charge in [0.1, 0.15) is 0 Å². The molecule has 5 nitrogen and oxygen atoms in total. The smallest absolute Gasteiger partial charge is 0.239 e. The van der Waals surface area contributed by atoms with Crippen molar-refractivity contribution in [2.75, 3.05) is 33.3 Å². The molecule has 0 bridgehead atoms. The summed E-state index contributed by atoms with van der Waals surface area (Å²) in [5, 5.41) is 0. The Labute approximate surface area is 132 Å². The summed E-state index contributed by atoms with van der Waals surface area (Å²) in [5.74, 6) is 1.46. The molecular weight excluding hydrogens is 278 g/mol. The van der Waals surface area contributed by atoms with Gasteiger partial charge in [-0.05, 0) is 38.8 Å². The highest BCUT2D eigenvalue weighted by Crippen LogP contribution is 2.24. The molecule has 2 unspecified atom stereocenters. The summed E-state index contributed by atoms with van der Waals surface area (Å²) in [7, 11) is 1.90. The Kier molecular flexibility index (Phi) is 4.62. The Morgan fingerprint density at radius 2 is 2.18 bits per heavy atom. The lowest BCUT2D eigenvalue weighted by Crippen LogP contribution is -2.47. The van der Waals surface area contributed by atoms with Gasteiger partial charge < -0.3 is 9.64 Å². The number of nitrogens with zero attached hydrogens (tertiary/aromatic N) is 3. The van der Waals surface area contributed by atoms with Gasteiger partial charge in [0.25, 0.3) is 0 Å². The Morgan fingerprint density at radius 3 is 2.91 bits per heavy atom. The van der Waals surface area contributed by atoms with E-state index in [0.29, 0.717) is 18.4 Å². The maximum absolute atomic E-state index is 12.2. The molecule has 22 heavy (non-hydrogen) atoms. The largest absolute Gasteiger partial charge is 0.477 e. The fraction of sp³-hybridized carbons (Fsp3) is 0.647. The van der Waals surface area contributed by atoms with Crippen molar-refractivity contribution >= 4 is 5.91 Å². The van der Waals surface area contributed by atoms with E-state index in [0.717, 1.165) is 38.2 Å². The van der Waals surface area contributed by atoms with Crippen LogP contribution >= 0.6 is 0 Å². The summed E-state index contributed by atoms with van der Waals surface area (Å²) >= 11 is 0. The first-order valence-corrected chi connectivity index (χ1v) is 8.19. The van der Waals surface area contributed by atoms with Gasteiger partial charge in [-0.3, -0.25) is 9.69 Å². The van der Waals surface area contributed by atoms with Crippen molar-refractivity contribution < 1.29 is 9.53 Å². The number of hydrogen-bond acceptors (Lipinski definition) is 4. The van der Waals surface area contributed by atoms with Crippen LogP contribution in [0.4, 0.5) is 0 Å². The number of carbonyl (C=O) groups excluding carboxylic acids is 1. The monoisotopic (exact) mass is 303 g/mol. The molecule has 1 amide bonds. The fourth-order valence-electron chi connectivity index (χ4n) is 3.46. The molecule has 0 spiro atoms. The van der Waals surface area contributed by atoms with Crippen LogP contribution in [0.2, 0.25) is 0 Å². The molecule has 2 atom stereocenters. The number of aromatic nitrogens is 1. The van der Waals surface area contributed by atoms with Crippen molar-refractivity contribution in [3.63, 3.8) is 0 Å². The third-order valence-electron chi connectivity index (χ3n) is 4.72. The van der Waals surface area contributed by atoms with E-state index in [4.69, 9.17) is 4.74 Å². The average Bonchev–Trinajstić information content (AvgIpc) is 2.85. The minimum absolute atomic E-state index is 0.0879. The van der Waals surface area contributed by atoms with Crippen molar-refractivity contribution in [1.82, 2.24) is 14.8 Å². The van der Waals surface area contributed by atoms with E-state index in [9.17, 15) is 4.79 Å². The van der Waals surface area contributed by atoms with E-state index < -0.39 is 0 Å². The molecule has 2 saturated heterocycles. The van der Waals surface area contributed by atoms with E-state index in [2.05, 4.69) is 9.88 Å². The molecule has 120 valence electrons. The van der Waals surface area contributed by atoms with Crippen molar-refractivity contribution in [2.24, 2.45) is 5.92 Å². The van der Waals surface area contributed by atoms with Crippen molar-refractivity contribution in [3.05, 3.63) is 23.9 Å². The zero-order chi connectivity index (χ0) is 15.5. The highest BCUT2D eigenvalue weighted by atomic mass is 16.5. The Morgan fingerprint density at radius 1 is 1.32 bits per heavy atom. The number of rotatable bonds is 4. The number of piperidine rings is 1. The number of aryl methyl sites for hydroxylation is 1. The molecule has 3 rings (SSSR count). The normalized spacial score (nSPS) is 26.5. The van der Waals surface area contributed by atoms with Gasteiger partial charge in [0.2, 0.25) is 11.8 Å². The Balaban J connectivity index is 1.53. The zero-order valence-corrected chi connectivity index (χ0v) is 13.5. The molecule has 1 aromatic rings. The van der Waals surface area contributed by atoms with Crippen LogP contribution in [-0.2, 0) is 4.79 Å². The molecule has 5 heteroatoms. The van der Waals surface area contributed by atoms with E-state index in [1.54, 1.807) is 0 Å². The molecule has 0 saturated carbocycles. The second-order valence-corrected chi connectivity index (χ2v) is 6.50. The van der Waals surface area contributed by atoms with Crippen LogP contribution in [0, 0.1) is 12.8 Å². The van der Waals surface area contributed by atoms with Gasteiger partial charge >= 0.3 is 0 Å². The lowest BCUT2D eigenvalue weighted by molar-refractivity contribution is -0.131. The molecular formula is C17H25N3O2. The molecule has 3 heterocycles. The van der Waals surface area contributed by atoms with E-state index in [1.807, 2.05) is 37.1 Å². The molecule has 2 aliphatic heterocycles. The first-order chi connectivity index (χ1) is 10.6. The molecule has 0 aliphatic carbocycles. The van der Waals surface area contributed by atoms with Gasteiger partial charge in [0, 0.05) is 37.8 Å². The van der Waals surface area contributed by atoms with Gasteiger partial charge in [-0.1, -0.05) is 6.07 Å². The maximum atomic E-state index is 12.2. The van der Waals surface area contributed by atoms with Gasteiger partial charge in [-0.25, -0.2) is 4.98 Å². The standard InChI is InChI=1S/C17H25N3O2/c1-13-5-3-7-16(18-13)22-12-14-6-4-9-20(11-14)15-8-10-19(2)17(15)21/h3,5,7,14-15H,4,6,8-12H2,1-2H3. The predicted octanol–water partition coefficient (Wildman–Crippen LogP) is 1.71. The first kappa shape index (κ1) is 15.3. The number of likely N-dealkylation sites (N-methyl/N-ethyl adjacent to an activating group) is 1. The topological polar surface area (TPSA) is 45.7 Å². The van der Waals surface area contributed by atoms with Gasteiger partial charge in [-0.15, -0.1) is 0 Å². The first-order valence-electron chi connectivity index (χ1n) is 8.19. The van der Waals surface area contributed by atoms with E-state index in [-0.39, 0.29) is 11.9 Å². The van der Waals surface area contributed by atoms with Crippen LogP contribution < -0.4 is 4.74 Å². The summed E-state index contributed by atoms with van der Waals surface area (Å²) in [6, 6.07) is 5.93. The number of hydrogen-bond donors (Lipinski definition) is 0.